The van der Waals surface area contributed by atoms with Gasteiger partial charge in [-0.1, -0.05) is 6.92 Å². The van der Waals surface area contributed by atoms with Gasteiger partial charge in [0.15, 0.2) is 6.10 Å². The van der Waals surface area contributed by atoms with E-state index in [1.807, 2.05) is 0 Å². The molecule has 19 heavy (non-hydrogen) atoms. The van der Waals surface area contributed by atoms with Crippen molar-refractivity contribution in [3.05, 3.63) is 0 Å². The molecule has 0 aromatic rings. The second kappa shape index (κ2) is 6.34. The molecular weight excluding hydrogens is 248 g/mol. The Bertz CT molecular complexity index is 348. The van der Waals surface area contributed by atoms with Gasteiger partial charge in [0.25, 0.3) is 0 Å². The van der Waals surface area contributed by atoms with E-state index in [-0.39, 0.29) is 5.91 Å². The van der Waals surface area contributed by atoms with Crippen LogP contribution in [0.5, 0.6) is 0 Å². The third kappa shape index (κ3) is 3.67. The SMILES string of the molecule is CCN1CCC(CNC(=O)C2CCC(C(=O)O)O2)C1. The van der Waals surface area contributed by atoms with Gasteiger partial charge < -0.3 is 20.1 Å². The van der Waals surface area contributed by atoms with Crippen molar-refractivity contribution in [3.63, 3.8) is 0 Å². The normalized spacial score (nSPS) is 31.5. The van der Waals surface area contributed by atoms with Crippen LogP contribution in [0.15, 0.2) is 0 Å². The molecule has 0 aromatic heterocycles. The molecule has 0 saturated carbocycles. The number of carboxylic acid groups (broad SMARTS) is 1. The largest absolute Gasteiger partial charge is 0.479 e. The molecule has 0 aromatic carbocycles. The zero-order valence-electron chi connectivity index (χ0n) is 11.3. The van der Waals surface area contributed by atoms with Crippen molar-refractivity contribution < 1.29 is 19.4 Å². The Kier molecular flexibility index (Phi) is 4.76. The lowest BCUT2D eigenvalue weighted by atomic mass is 10.1. The van der Waals surface area contributed by atoms with Gasteiger partial charge in [-0.3, -0.25) is 4.79 Å². The highest BCUT2D eigenvalue weighted by Gasteiger charge is 2.35. The molecule has 3 atom stereocenters. The molecule has 2 fully saturated rings. The quantitative estimate of drug-likeness (QED) is 0.739. The maximum atomic E-state index is 11.9. The van der Waals surface area contributed by atoms with E-state index in [4.69, 9.17) is 9.84 Å². The molecule has 6 heteroatoms. The Morgan fingerprint density at radius 1 is 1.32 bits per heavy atom. The van der Waals surface area contributed by atoms with Crippen LogP contribution in [-0.4, -0.2) is 60.3 Å². The molecule has 0 aliphatic carbocycles. The number of carbonyl (C=O) groups excluding carboxylic acids is 1. The third-order valence-electron chi connectivity index (χ3n) is 3.97. The van der Waals surface area contributed by atoms with Gasteiger partial charge in [0.1, 0.15) is 6.10 Å². The van der Waals surface area contributed by atoms with Crippen LogP contribution in [0.25, 0.3) is 0 Å². The zero-order chi connectivity index (χ0) is 13.8. The highest BCUT2D eigenvalue weighted by atomic mass is 16.5. The first-order valence-electron chi connectivity index (χ1n) is 6.98. The number of hydrogen-bond donors (Lipinski definition) is 2. The highest BCUT2D eigenvalue weighted by molar-refractivity contribution is 5.82. The molecule has 2 heterocycles. The summed E-state index contributed by atoms with van der Waals surface area (Å²) in [5.74, 6) is -0.649. The molecule has 2 saturated heterocycles. The van der Waals surface area contributed by atoms with Crippen LogP contribution in [0, 0.1) is 5.92 Å². The molecule has 108 valence electrons. The number of ether oxygens (including phenoxy) is 1. The lowest BCUT2D eigenvalue weighted by Gasteiger charge is -2.15. The smallest absolute Gasteiger partial charge is 0.332 e. The van der Waals surface area contributed by atoms with Gasteiger partial charge in [-0.15, -0.1) is 0 Å². The fourth-order valence-electron chi connectivity index (χ4n) is 2.74. The molecule has 3 unspecified atom stereocenters. The fourth-order valence-corrected chi connectivity index (χ4v) is 2.74. The van der Waals surface area contributed by atoms with Gasteiger partial charge in [-0.05, 0) is 38.3 Å². The maximum absolute atomic E-state index is 11.9. The second-order valence-corrected chi connectivity index (χ2v) is 5.32. The van der Waals surface area contributed by atoms with Gasteiger partial charge >= 0.3 is 5.97 Å². The molecule has 0 bridgehead atoms. The Balaban J connectivity index is 1.69. The van der Waals surface area contributed by atoms with Crippen LogP contribution in [0.4, 0.5) is 0 Å². The van der Waals surface area contributed by atoms with Gasteiger partial charge in [0.2, 0.25) is 5.91 Å². The van der Waals surface area contributed by atoms with Crippen LogP contribution >= 0.6 is 0 Å². The highest BCUT2D eigenvalue weighted by Crippen LogP contribution is 2.20. The summed E-state index contributed by atoms with van der Waals surface area (Å²) in [6.07, 6.45) is 0.606. The summed E-state index contributed by atoms with van der Waals surface area (Å²) in [7, 11) is 0. The van der Waals surface area contributed by atoms with Crippen LogP contribution in [0.3, 0.4) is 0 Å². The lowest BCUT2D eigenvalue weighted by Crippen LogP contribution is -2.38. The predicted octanol–water partition coefficient (Wildman–Crippen LogP) is 0.0766. The van der Waals surface area contributed by atoms with Gasteiger partial charge in [0, 0.05) is 13.1 Å². The van der Waals surface area contributed by atoms with E-state index in [0.717, 1.165) is 26.1 Å². The molecule has 2 aliphatic heterocycles. The number of aliphatic carboxylic acids is 1. The van der Waals surface area contributed by atoms with E-state index in [1.54, 1.807) is 0 Å². The van der Waals surface area contributed by atoms with Gasteiger partial charge in [0.05, 0.1) is 0 Å². The summed E-state index contributed by atoms with van der Waals surface area (Å²) in [5, 5.41) is 11.7. The van der Waals surface area contributed by atoms with Crippen molar-refractivity contribution in [3.8, 4) is 0 Å². The molecular formula is C13H22N2O4. The van der Waals surface area contributed by atoms with Crippen molar-refractivity contribution in [2.75, 3.05) is 26.2 Å². The first kappa shape index (κ1) is 14.3. The van der Waals surface area contributed by atoms with E-state index in [1.165, 1.54) is 0 Å². The lowest BCUT2D eigenvalue weighted by molar-refractivity contribution is -0.151. The van der Waals surface area contributed by atoms with E-state index in [0.29, 0.717) is 25.3 Å². The van der Waals surface area contributed by atoms with Crippen molar-refractivity contribution in [2.24, 2.45) is 5.92 Å². The molecule has 1 amide bonds. The molecule has 2 rings (SSSR count). The van der Waals surface area contributed by atoms with Crippen molar-refractivity contribution in [1.29, 1.82) is 0 Å². The average molecular weight is 270 g/mol. The molecule has 6 nitrogen and oxygen atoms in total. The third-order valence-corrected chi connectivity index (χ3v) is 3.97. The van der Waals surface area contributed by atoms with Crippen LogP contribution in [0.1, 0.15) is 26.2 Å². The van der Waals surface area contributed by atoms with E-state index < -0.39 is 18.2 Å². The summed E-state index contributed by atoms with van der Waals surface area (Å²) >= 11 is 0. The molecule has 2 N–H and O–H groups in total. The number of amides is 1. The number of carboxylic acids is 1. The topological polar surface area (TPSA) is 78.9 Å². The van der Waals surface area contributed by atoms with E-state index >= 15 is 0 Å². The Hall–Kier alpha value is -1.14. The first-order valence-corrected chi connectivity index (χ1v) is 6.98. The van der Waals surface area contributed by atoms with E-state index in [2.05, 4.69) is 17.1 Å². The summed E-state index contributed by atoms with van der Waals surface area (Å²) in [5.41, 5.74) is 0. The van der Waals surface area contributed by atoms with Crippen LogP contribution < -0.4 is 5.32 Å². The summed E-state index contributed by atoms with van der Waals surface area (Å²) < 4.78 is 5.22. The van der Waals surface area contributed by atoms with Crippen LogP contribution in [0.2, 0.25) is 0 Å². The molecule has 0 spiro atoms. The van der Waals surface area contributed by atoms with Gasteiger partial charge in [-0.25, -0.2) is 4.79 Å². The standard InChI is InChI=1S/C13H22N2O4/c1-2-15-6-5-9(8-15)7-14-12(16)10-3-4-11(19-10)13(17)18/h9-11H,2-8H2,1H3,(H,14,16)(H,17,18). The summed E-state index contributed by atoms with van der Waals surface area (Å²) in [6.45, 7) is 5.97. The van der Waals surface area contributed by atoms with Crippen LogP contribution in [-0.2, 0) is 14.3 Å². The molecule has 0 radical (unpaired) electrons. The Morgan fingerprint density at radius 3 is 2.63 bits per heavy atom. The summed E-state index contributed by atoms with van der Waals surface area (Å²) in [4.78, 5) is 25.0. The van der Waals surface area contributed by atoms with Crippen molar-refractivity contribution in [2.45, 2.75) is 38.4 Å². The second-order valence-electron chi connectivity index (χ2n) is 5.32. The Labute approximate surface area is 113 Å². The number of carbonyl (C=O) groups is 2. The number of likely N-dealkylation sites (tertiary alicyclic amines) is 1. The Morgan fingerprint density at radius 2 is 2.05 bits per heavy atom. The maximum Gasteiger partial charge on any atom is 0.332 e. The minimum Gasteiger partial charge on any atom is -0.479 e. The number of nitrogens with one attached hydrogen (secondary N) is 1. The minimum absolute atomic E-state index is 0.168. The molecule has 2 aliphatic rings. The zero-order valence-corrected chi connectivity index (χ0v) is 11.3. The van der Waals surface area contributed by atoms with Gasteiger partial charge in [-0.2, -0.15) is 0 Å². The van der Waals surface area contributed by atoms with Crippen molar-refractivity contribution in [1.82, 2.24) is 10.2 Å². The summed E-state index contributed by atoms with van der Waals surface area (Å²) in [6, 6.07) is 0. The minimum atomic E-state index is -0.982. The van der Waals surface area contributed by atoms with Crippen molar-refractivity contribution >= 4 is 11.9 Å². The predicted molar refractivity (Wildman–Crippen MR) is 68.8 cm³/mol. The average Bonchev–Trinajstić information content (AvgIpc) is 3.04. The first-order chi connectivity index (χ1) is 9.10. The van der Waals surface area contributed by atoms with E-state index in [9.17, 15) is 9.59 Å². The number of nitrogens with zero attached hydrogens (tertiary/aromatic N) is 1. The monoisotopic (exact) mass is 270 g/mol. The number of rotatable bonds is 5. The number of hydrogen-bond acceptors (Lipinski definition) is 4. The fraction of sp³-hybridized carbons (Fsp3) is 0.846.